The van der Waals surface area contributed by atoms with E-state index in [0.717, 1.165) is 33.7 Å². The average molecular weight is 519 g/mol. The Morgan fingerprint density at radius 1 is 1.00 bits per heavy atom. The smallest absolute Gasteiger partial charge is 0.323 e. The van der Waals surface area contributed by atoms with E-state index < -0.39 is 0 Å². The van der Waals surface area contributed by atoms with Crippen molar-refractivity contribution in [2.24, 2.45) is 0 Å². The van der Waals surface area contributed by atoms with Crippen molar-refractivity contribution in [3.05, 3.63) is 69.3 Å². The van der Waals surface area contributed by atoms with Gasteiger partial charge in [-0.3, -0.25) is 0 Å². The summed E-state index contributed by atoms with van der Waals surface area (Å²) in [4.78, 5) is 19.5. The molecule has 0 radical (unpaired) electrons. The Morgan fingerprint density at radius 3 is 2.59 bits per heavy atom. The largest absolute Gasteiger partial charge is 0.357 e. The summed E-state index contributed by atoms with van der Waals surface area (Å²) >= 11 is 8.11. The van der Waals surface area contributed by atoms with E-state index in [1.807, 2.05) is 36.4 Å². The van der Waals surface area contributed by atoms with Crippen molar-refractivity contribution in [3.8, 4) is 11.3 Å². The molecule has 2 aromatic carbocycles. The van der Waals surface area contributed by atoms with Gasteiger partial charge in [0.15, 0.2) is 0 Å². The number of rotatable bonds is 4. The number of hydrogen-bond acceptors (Lipinski definition) is 3. The summed E-state index contributed by atoms with van der Waals surface area (Å²) in [6.07, 6.45) is 2.43. The van der Waals surface area contributed by atoms with Crippen molar-refractivity contribution in [1.29, 1.82) is 0 Å². The molecule has 0 spiro atoms. The van der Waals surface area contributed by atoms with Crippen LogP contribution in [0.25, 0.3) is 11.3 Å². The second-order valence-corrected chi connectivity index (χ2v) is 8.46. The van der Waals surface area contributed by atoms with E-state index in [-0.39, 0.29) is 6.03 Å². The molecule has 5 nitrogen and oxygen atoms in total. The van der Waals surface area contributed by atoms with E-state index in [0.29, 0.717) is 16.4 Å². The molecule has 0 saturated carbocycles. The Balaban J connectivity index is 1.48. The number of benzene rings is 2. The topological polar surface area (TPSA) is 57.3 Å². The highest BCUT2D eigenvalue weighted by atomic mass is 127. The molecule has 1 aliphatic rings. The zero-order chi connectivity index (χ0) is 20.2. The SMILES string of the molecule is O=C(Nc1cccc(-c2cccc(N3CCCC3)n2)c1)Nc1ccc(Cl)cc1I. The zero-order valence-electron chi connectivity index (χ0n) is 15.7. The van der Waals surface area contributed by atoms with Crippen LogP contribution in [0.3, 0.4) is 0 Å². The first-order chi connectivity index (χ1) is 14.1. The molecule has 0 bridgehead atoms. The molecule has 2 amide bonds. The van der Waals surface area contributed by atoms with E-state index in [4.69, 9.17) is 16.6 Å². The Hall–Kier alpha value is -2.32. The molecule has 1 fully saturated rings. The molecular weight excluding hydrogens is 499 g/mol. The van der Waals surface area contributed by atoms with Crippen molar-refractivity contribution in [1.82, 2.24) is 4.98 Å². The molecule has 148 valence electrons. The molecule has 29 heavy (non-hydrogen) atoms. The number of halogens is 2. The molecular formula is C22H20ClIN4O. The van der Waals surface area contributed by atoms with Crippen LogP contribution in [0, 0.1) is 3.57 Å². The molecule has 2 N–H and O–H groups in total. The van der Waals surface area contributed by atoms with Gasteiger partial charge in [-0.2, -0.15) is 0 Å². The lowest BCUT2D eigenvalue weighted by Crippen LogP contribution is -2.20. The van der Waals surface area contributed by atoms with Gasteiger partial charge in [-0.15, -0.1) is 0 Å². The molecule has 7 heteroatoms. The summed E-state index contributed by atoms with van der Waals surface area (Å²) in [5.41, 5.74) is 3.27. The van der Waals surface area contributed by atoms with Crippen LogP contribution in [0.4, 0.5) is 22.0 Å². The number of pyridine rings is 1. The van der Waals surface area contributed by atoms with E-state index in [2.05, 4.69) is 44.2 Å². The van der Waals surface area contributed by atoms with Crippen LogP contribution in [0.15, 0.2) is 60.7 Å². The third-order valence-electron chi connectivity index (χ3n) is 4.76. The zero-order valence-corrected chi connectivity index (χ0v) is 18.6. The normalized spacial score (nSPS) is 13.4. The molecule has 4 rings (SSSR count). The monoisotopic (exact) mass is 518 g/mol. The molecule has 3 aromatic rings. The quantitative estimate of drug-likeness (QED) is 0.401. The van der Waals surface area contributed by atoms with Crippen molar-refractivity contribution >= 4 is 57.4 Å². The van der Waals surface area contributed by atoms with Gasteiger partial charge in [0.05, 0.1) is 11.4 Å². The highest BCUT2D eigenvalue weighted by Gasteiger charge is 2.14. The summed E-state index contributed by atoms with van der Waals surface area (Å²) < 4.78 is 0.877. The van der Waals surface area contributed by atoms with Gasteiger partial charge in [-0.05, 0) is 77.9 Å². The Morgan fingerprint density at radius 2 is 1.79 bits per heavy atom. The first-order valence-corrected chi connectivity index (χ1v) is 10.9. The van der Waals surface area contributed by atoms with Crippen LogP contribution in [-0.2, 0) is 0 Å². The highest BCUT2D eigenvalue weighted by Crippen LogP contribution is 2.26. The van der Waals surface area contributed by atoms with Crippen LogP contribution in [0.2, 0.25) is 5.02 Å². The Labute approximate surface area is 188 Å². The Kier molecular flexibility index (Phi) is 6.20. The molecule has 0 atom stereocenters. The van der Waals surface area contributed by atoms with Crippen molar-refractivity contribution in [2.75, 3.05) is 28.6 Å². The molecule has 1 aliphatic heterocycles. The molecule has 0 unspecified atom stereocenters. The van der Waals surface area contributed by atoms with Gasteiger partial charge in [0.1, 0.15) is 5.82 Å². The summed E-state index contributed by atoms with van der Waals surface area (Å²) in [7, 11) is 0. The van der Waals surface area contributed by atoms with E-state index in [1.54, 1.807) is 18.2 Å². The first kappa shape index (κ1) is 20.0. The number of aromatic nitrogens is 1. The fraction of sp³-hybridized carbons (Fsp3) is 0.182. The predicted octanol–water partition coefficient (Wildman–Crippen LogP) is 6.25. The third-order valence-corrected chi connectivity index (χ3v) is 5.89. The number of amides is 2. The standard InChI is InChI=1S/C22H20ClIN4O/c23-16-9-10-20(18(24)14-16)27-22(29)25-17-6-3-5-15(13-17)19-7-4-8-21(26-19)28-11-1-2-12-28/h3-10,13-14H,1-2,11-12H2,(H2,25,27,29). The van der Waals surface area contributed by atoms with Gasteiger partial charge in [0.25, 0.3) is 0 Å². The van der Waals surface area contributed by atoms with Crippen LogP contribution in [0.5, 0.6) is 0 Å². The van der Waals surface area contributed by atoms with Gasteiger partial charge >= 0.3 is 6.03 Å². The van der Waals surface area contributed by atoms with Crippen LogP contribution < -0.4 is 15.5 Å². The number of carbonyl (C=O) groups excluding carboxylic acids is 1. The number of carbonyl (C=O) groups is 1. The molecule has 0 aliphatic carbocycles. The lowest BCUT2D eigenvalue weighted by Gasteiger charge is -2.17. The summed E-state index contributed by atoms with van der Waals surface area (Å²) in [5, 5.41) is 6.38. The lowest BCUT2D eigenvalue weighted by atomic mass is 10.1. The molecule has 2 heterocycles. The maximum atomic E-state index is 12.4. The highest BCUT2D eigenvalue weighted by molar-refractivity contribution is 14.1. The predicted molar refractivity (Wildman–Crippen MR) is 128 cm³/mol. The first-order valence-electron chi connectivity index (χ1n) is 9.44. The van der Waals surface area contributed by atoms with Gasteiger partial charge in [-0.25, -0.2) is 9.78 Å². The molecule has 1 aromatic heterocycles. The minimum Gasteiger partial charge on any atom is -0.357 e. The summed E-state index contributed by atoms with van der Waals surface area (Å²) in [6, 6.07) is 18.8. The second kappa shape index (κ2) is 9.00. The van der Waals surface area contributed by atoms with Crippen LogP contribution in [0.1, 0.15) is 12.8 Å². The summed E-state index contributed by atoms with van der Waals surface area (Å²) in [6.45, 7) is 2.11. The number of anilines is 3. The van der Waals surface area contributed by atoms with Crippen molar-refractivity contribution < 1.29 is 4.79 Å². The second-order valence-electron chi connectivity index (χ2n) is 6.86. The van der Waals surface area contributed by atoms with Crippen LogP contribution in [-0.4, -0.2) is 24.1 Å². The average Bonchev–Trinajstić information content (AvgIpc) is 3.25. The van der Waals surface area contributed by atoms with E-state index in [1.165, 1.54) is 12.8 Å². The maximum absolute atomic E-state index is 12.4. The molecule has 1 saturated heterocycles. The van der Waals surface area contributed by atoms with Gasteiger partial charge in [0, 0.05) is 32.9 Å². The van der Waals surface area contributed by atoms with Gasteiger partial charge in [0.2, 0.25) is 0 Å². The van der Waals surface area contributed by atoms with Gasteiger partial charge in [-0.1, -0.05) is 29.8 Å². The minimum absolute atomic E-state index is 0.304. The lowest BCUT2D eigenvalue weighted by molar-refractivity contribution is 0.262. The third kappa shape index (κ3) is 5.00. The van der Waals surface area contributed by atoms with Crippen molar-refractivity contribution in [2.45, 2.75) is 12.8 Å². The fourth-order valence-electron chi connectivity index (χ4n) is 3.34. The number of urea groups is 1. The number of nitrogens with one attached hydrogen (secondary N) is 2. The maximum Gasteiger partial charge on any atom is 0.323 e. The number of hydrogen-bond donors (Lipinski definition) is 2. The fourth-order valence-corrected chi connectivity index (χ4v) is 4.34. The summed E-state index contributed by atoms with van der Waals surface area (Å²) in [5.74, 6) is 1.01. The Bertz CT molecular complexity index is 1040. The van der Waals surface area contributed by atoms with Gasteiger partial charge < -0.3 is 15.5 Å². The van der Waals surface area contributed by atoms with Crippen molar-refractivity contribution in [3.63, 3.8) is 0 Å². The van der Waals surface area contributed by atoms with Crippen LogP contribution >= 0.6 is 34.2 Å². The number of nitrogens with zero attached hydrogens (tertiary/aromatic N) is 2. The van der Waals surface area contributed by atoms with E-state index >= 15 is 0 Å². The van der Waals surface area contributed by atoms with E-state index in [9.17, 15) is 4.79 Å². The minimum atomic E-state index is -0.304.